The minimum Gasteiger partial charge on any atom is -0.481 e. The molecule has 6 nitrogen and oxygen atoms in total. The van der Waals surface area contributed by atoms with E-state index < -0.39 is 24.1 Å². The quantitative estimate of drug-likeness (QED) is 0.516. The Morgan fingerprint density at radius 2 is 1.75 bits per heavy atom. The van der Waals surface area contributed by atoms with Crippen molar-refractivity contribution in [1.29, 1.82) is 0 Å². The fourth-order valence-corrected chi connectivity index (χ4v) is 2.23. The van der Waals surface area contributed by atoms with Crippen molar-refractivity contribution in [2.45, 2.75) is 33.0 Å². The third-order valence-electron chi connectivity index (χ3n) is 3.23. The first-order chi connectivity index (χ1) is 9.60. The smallest absolute Gasteiger partial charge is 0.307 e. The number of hydrogen-bond donors (Lipinski definition) is 2. The van der Waals surface area contributed by atoms with Crippen molar-refractivity contribution < 1.29 is 24.2 Å². The number of hydrogen-bond acceptors (Lipinski definition) is 4. The van der Waals surface area contributed by atoms with Crippen LogP contribution in [-0.4, -0.2) is 43.0 Å². The van der Waals surface area contributed by atoms with E-state index in [0.29, 0.717) is 26.1 Å². The number of carboxylic acid groups (broad SMARTS) is 1. The molecule has 0 fully saturated rings. The van der Waals surface area contributed by atoms with Gasteiger partial charge in [0.1, 0.15) is 0 Å². The van der Waals surface area contributed by atoms with E-state index in [2.05, 4.69) is 5.32 Å². The van der Waals surface area contributed by atoms with Gasteiger partial charge in [0.25, 0.3) is 0 Å². The van der Waals surface area contributed by atoms with Crippen molar-refractivity contribution in [3.8, 4) is 0 Å². The Morgan fingerprint density at radius 3 is 2.25 bits per heavy atom. The Kier molecular flexibility index (Phi) is 7.25. The molecule has 0 saturated heterocycles. The first kappa shape index (κ1) is 16.7. The predicted molar refractivity (Wildman–Crippen MR) is 73.0 cm³/mol. The number of carbonyl (C=O) groups is 2. The van der Waals surface area contributed by atoms with Crippen LogP contribution in [0.25, 0.3) is 0 Å². The maximum absolute atomic E-state index is 12.1. The lowest BCUT2D eigenvalue weighted by molar-refractivity contribution is -0.150. The van der Waals surface area contributed by atoms with E-state index >= 15 is 0 Å². The molecular weight excluding hydrogens is 262 g/mol. The maximum atomic E-state index is 12.1. The molecule has 0 aromatic heterocycles. The van der Waals surface area contributed by atoms with E-state index in [1.54, 1.807) is 0 Å². The van der Waals surface area contributed by atoms with Crippen molar-refractivity contribution in [2.24, 2.45) is 11.8 Å². The van der Waals surface area contributed by atoms with Gasteiger partial charge in [-0.25, -0.2) is 0 Å². The van der Waals surface area contributed by atoms with Gasteiger partial charge in [0.2, 0.25) is 5.91 Å². The predicted octanol–water partition coefficient (Wildman–Crippen LogP) is 1.17. The molecule has 0 saturated carbocycles. The minimum atomic E-state index is -0.930. The number of rotatable bonds is 8. The number of allylic oxidation sites excluding steroid dienone is 2. The summed E-state index contributed by atoms with van der Waals surface area (Å²) in [6.45, 7) is 4.91. The van der Waals surface area contributed by atoms with Gasteiger partial charge in [0.05, 0.1) is 18.4 Å². The highest BCUT2D eigenvalue weighted by Crippen LogP contribution is 2.25. The fraction of sp³-hybridized carbons (Fsp3) is 0.714. The summed E-state index contributed by atoms with van der Waals surface area (Å²) in [5.41, 5.74) is 0. The van der Waals surface area contributed by atoms with Crippen molar-refractivity contribution in [2.75, 3.05) is 19.8 Å². The molecule has 114 valence electrons. The van der Waals surface area contributed by atoms with E-state index in [4.69, 9.17) is 14.6 Å². The van der Waals surface area contributed by atoms with Crippen molar-refractivity contribution in [3.05, 3.63) is 12.2 Å². The summed E-state index contributed by atoms with van der Waals surface area (Å²) in [4.78, 5) is 23.3. The second kappa shape index (κ2) is 8.71. The molecule has 1 rings (SSSR count). The zero-order chi connectivity index (χ0) is 15.0. The van der Waals surface area contributed by atoms with Crippen LogP contribution in [0.15, 0.2) is 12.2 Å². The molecule has 0 spiro atoms. The number of ether oxygens (including phenoxy) is 2. The van der Waals surface area contributed by atoms with Gasteiger partial charge in [0.15, 0.2) is 6.29 Å². The molecule has 20 heavy (non-hydrogen) atoms. The van der Waals surface area contributed by atoms with Gasteiger partial charge >= 0.3 is 5.97 Å². The van der Waals surface area contributed by atoms with Gasteiger partial charge in [-0.1, -0.05) is 12.2 Å². The van der Waals surface area contributed by atoms with E-state index in [-0.39, 0.29) is 12.5 Å². The second-order valence-corrected chi connectivity index (χ2v) is 4.58. The van der Waals surface area contributed by atoms with E-state index in [0.717, 1.165) is 0 Å². The summed E-state index contributed by atoms with van der Waals surface area (Å²) in [6, 6.07) is 0. The monoisotopic (exact) mass is 285 g/mol. The molecular formula is C14H23NO5. The molecule has 0 heterocycles. The van der Waals surface area contributed by atoms with Gasteiger partial charge in [0, 0.05) is 13.2 Å². The van der Waals surface area contributed by atoms with Gasteiger partial charge in [-0.05, 0) is 26.7 Å². The van der Waals surface area contributed by atoms with E-state index in [1.807, 2.05) is 26.0 Å². The Bertz CT molecular complexity index is 349. The van der Waals surface area contributed by atoms with Crippen LogP contribution in [0.3, 0.4) is 0 Å². The molecule has 0 aromatic carbocycles. The summed E-state index contributed by atoms with van der Waals surface area (Å²) in [6.07, 6.45) is 4.03. The van der Waals surface area contributed by atoms with Gasteiger partial charge in [-0.2, -0.15) is 0 Å². The largest absolute Gasteiger partial charge is 0.481 e. The lowest BCUT2D eigenvalue weighted by atomic mass is 9.82. The molecule has 0 aliphatic heterocycles. The first-order valence-electron chi connectivity index (χ1n) is 6.98. The molecule has 2 unspecified atom stereocenters. The first-order valence-corrected chi connectivity index (χ1v) is 6.98. The van der Waals surface area contributed by atoms with Crippen molar-refractivity contribution in [3.63, 3.8) is 0 Å². The Hall–Kier alpha value is -1.40. The number of aliphatic carboxylic acids is 1. The highest BCUT2D eigenvalue weighted by molar-refractivity contribution is 5.85. The van der Waals surface area contributed by atoms with Gasteiger partial charge in [-0.3, -0.25) is 9.59 Å². The van der Waals surface area contributed by atoms with Crippen LogP contribution in [0.1, 0.15) is 26.7 Å². The zero-order valence-corrected chi connectivity index (χ0v) is 12.0. The lowest BCUT2D eigenvalue weighted by Crippen LogP contribution is -2.42. The Balaban J connectivity index is 2.51. The van der Waals surface area contributed by atoms with E-state index in [1.165, 1.54) is 0 Å². The van der Waals surface area contributed by atoms with Crippen LogP contribution in [0.5, 0.6) is 0 Å². The summed E-state index contributed by atoms with van der Waals surface area (Å²) in [5.74, 6) is -2.37. The average Bonchev–Trinajstić information content (AvgIpc) is 2.45. The molecule has 2 atom stereocenters. The highest BCUT2D eigenvalue weighted by Gasteiger charge is 2.34. The highest BCUT2D eigenvalue weighted by atomic mass is 16.7. The third-order valence-corrected chi connectivity index (χ3v) is 3.23. The number of nitrogens with one attached hydrogen (secondary N) is 1. The Morgan fingerprint density at radius 1 is 1.20 bits per heavy atom. The SMILES string of the molecule is CCOC(CNC(=O)C1CC=CCC1C(=O)O)OCC. The standard InChI is InChI=1S/C14H23NO5/c1-3-19-12(20-4-2)9-15-13(16)10-7-5-6-8-11(10)14(17)18/h5-6,10-12H,3-4,7-9H2,1-2H3,(H,15,16)(H,17,18). The number of carbonyl (C=O) groups excluding carboxylic acids is 1. The zero-order valence-electron chi connectivity index (χ0n) is 12.0. The Labute approximate surface area is 119 Å². The van der Waals surface area contributed by atoms with Gasteiger partial charge < -0.3 is 19.9 Å². The third kappa shape index (κ3) is 4.94. The molecule has 0 aromatic rings. The summed E-state index contributed by atoms with van der Waals surface area (Å²) >= 11 is 0. The minimum absolute atomic E-state index is 0.229. The maximum Gasteiger partial charge on any atom is 0.307 e. The van der Waals surface area contributed by atoms with Crippen LogP contribution in [0.4, 0.5) is 0 Å². The summed E-state index contributed by atoms with van der Waals surface area (Å²) in [5, 5.41) is 11.9. The topological polar surface area (TPSA) is 84.9 Å². The molecule has 0 radical (unpaired) electrons. The molecule has 1 amide bonds. The van der Waals surface area contributed by atoms with Crippen molar-refractivity contribution in [1.82, 2.24) is 5.32 Å². The number of carboxylic acids is 1. The van der Waals surface area contributed by atoms with Crippen molar-refractivity contribution >= 4 is 11.9 Å². The van der Waals surface area contributed by atoms with Crippen LogP contribution in [-0.2, 0) is 19.1 Å². The molecule has 0 bridgehead atoms. The lowest BCUT2D eigenvalue weighted by Gasteiger charge is -2.25. The van der Waals surface area contributed by atoms with E-state index in [9.17, 15) is 9.59 Å². The molecule has 1 aliphatic carbocycles. The van der Waals surface area contributed by atoms with Crippen LogP contribution >= 0.6 is 0 Å². The fourth-order valence-electron chi connectivity index (χ4n) is 2.23. The van der Waals surface area contributed by atoms with Crippen LogP contribution in [0.2, 0.25) is 0 Å². The van der Waals surface area contributed by atoms with Gasteiger partial charge in [-0.15, -0.1) is 0 Å². The number of amides is 1. The van der Waals surface area contributed by atoms with Crippen LogP contribution < -0.4 is 5.32 Å². The molecule has 2 N–H and O–H groups in total. The normalized spacial score (nSPS) is 21.9. The average molecular weight is 285 g/mol. The summed E-state index contributed by atoms with van der Waals surface area (Å²) in [7, 11) is 0. The van der Waals surface area contributed by atoms with Crippen LogP contribution in [0, 0.1) is 11.8 Å². The summed E-state index contributed by atoms with van der Waals surface area (Å²) < 4.78 is 10.7. The second-order valence-electron chi connectivity index (χ2n) is 4.58. The molecule has 6 heteroatoms. The molecule has 1 aliphatic rings.